The van der Waals surface area contributed by atoms with Crippen LogP contribution in [0.4, 0.5) is 5.69 Å². The van der Waals surface area contributed by atoms with Gasteiger partial charge in [-0.05, 0) is 37.3 Å². The van der Waals surface area contributed by atoms with E-state index in [1.165, 1.54) is 48.4 Å². The van der Waals surface area contributed by atoms with Gasteiger partial charge in [-0.25, -0.2) is 0 Å². The third kappa shape index (κ3) is 4.69. The molecule has 2 aromatic carbocycles. The van der Waals surface area contributed by atoms with E-state index in [9.17, 15) is 14.9 Å². The van der Waals surface area contributed by atoms with Gasteiger partial charge in [0.15, 0.2) is 11.5 Å². The van der Waals surface area contributed by atoms with Crippen LogP contribution in [-0.2, 0) is 0 Å². The Labute approximate surface area is 167 Å². The van der Waals surface area contributed by atoms with Gasteiger partial charge in [0, 0.05) is 29.7 Å². The second-order valence-electron chi connectivity index (χ2n) is 5.96. The molecule has 0 aliphatic heterocycles. The van der Waals surface area contributed by atoms with Crippen molar-refractivity contribution >= 4 is 23.2 Å². The lowest BCUT2D eigenvalue weighted by Crippen LogP contribution is -2.34. The molecule has 0 radical (unpaired) electrons. The first-order chi connectivity index (χ1) is 13.3. The third-order valence-electron chi connectivity index (χ3n) is 4.12. The van der Waals surface area contributed by atoms with Gasteiger partial charge in [-0.3, -0.25) is 14.9 Å². The second kappa shape index (κ2) is 9.06. The van der Waals surface area contributed by atoms with Crippen LogP contribution in [-0.4, -0.2) is 35.9 Å². The molecule has 0 aromatic heterocycles. The zero-order valence-electron chi connectivity index (χ0n) is 15.5. The van der Waals surface area contributed by atoms with Crippen molar-refractivity contribution in [3.8, 4) is 23.3 Å². The summed E-state index contributed by atoms with van der Waals surface area (Å²) in [5.74, 6) is 0.144. The highest BCUT2D eigenvalue weighted by Gasteiger charge is 2.21. The van der Waals surface area contributed by atoms with Crippen molar-refractivity contribution in [1.82, 2.24) is 4.90 Å². The van der Waals surface area contributed by atoms with Crippen LogP contribution in [0.3, 0.4) is 0 Å². The number of carbonyl (C=O) groups is 1. The van der Waals surface area contributed by atoms with Crippen LogP contribution in [0.15, 0.2) is 36.4 Å². The maximum Gasteiger partial charge on any atom is 0.313 e. The molecular formula is C19H18ClN3O5. The van der Waals surface area contributed by atoms with Crippen molar-refractivity contribution in [2.24, 2.45) is 0 Å². The molecule has 0 bridgehead atoms. The predicted octanol–water partition coefficient (Wildman–Crippen LogP) is 4.42. The van der Waals surface area contributed by atoms with Gasteiger partial charge < -0.3 is 14.4 Å². The lowest BCUT2D eigenvalue weighted by atomic mass is 10.1. The normalized spacial score (nSPS) is 11.2. The van der Waals surface area contributed by atoms with E-state index in [2.05, 4.69) is 0 Å². The van der Waals surface area contributed by atoms with Gasteiger partial charge in [0.1, 0.15) is 0 Å². The van der Waals surface area contributed by atoms with Gasteiger partial charge in [0.25, 0.3) is 5.91 Å². The van der Waals surface area contributed by atoms with Gasteiger partial charge in [-0.2, -0.15) is 5.26 Å². The first-order valence-electron chi connectivity index (χ1n) is 8.22. The molecule has 9 heteroatoms. The molecule has 0 saturated carbocycles. The highest BCUT2D eigenvalue weighted by atomic mass is 35.5. The summed E-state index contributed by atoms with van der Waals surface area (Å²) >= 11 is 5.81. The zero-order valence-corrected chi connectivity index (χ0v) is 16.3. The van der Waals surface area contributed by atoms with E-state index in [4.69, 9.17) is 26.3 Å². The van der Waals surface area contributed by atoms with Crippen LogP contribution in [0.2, 0.25) is 5.02 Å². The fourth-order valence-corrected chi connectivity index (χ4v) is 2.56. The Hall–Kier alpha value is -3.31. The summed E-state index contributed by atoms with van der Waals surface area (Å²) < 4.78 is 10.9. The largest absolute Gasteiger partial charge is 0.493 e. The van der Waals surface area contributed by atoms with E-state index in [0.29, 0.717) is 5.56 Å². The van der Waals surface area contributed by atoms with Crippen LogP contribution in [0, 0.1) is 21.4 Å². The fourth-order valence-electron chi connectivity index (χ4n) is 2.40. The maximum atomic E-state index is 12.6. The molecule has 1 atom stereocenters. The molecular weight excluding hydrogens is 386 g/mol. The first-order valence-corrected chi connectivity index (χ1v) is 8.60. The molecule has 2 aromatic rings. The van der Waals surface area contributed by atoms with Crippen molar-refractivity contribution in [2.75, 3.05) is 14.2 Å². The Morgan fingerprint density at radius 1 is 1.29 bits per heavy atom. The van der Waals surface area contributed by atoms with Gasteiger partial charge in [0.2, 0.25) is 5.75 Å². The standard InChI is InChI=1S/C19H18ClN3O5/c1-12(8-9-21)22(2)19(24)13-4-6-17(18(10-13)27-3)28-16-7-5-14(20)11-15(16)23(25)26/h4-7,10-12H,8H2,1-3H3. The van der Waals surface area contributed by atoms with E-state index in [1.54, 1.807) is 14.0 Å². The van der Waals surface area contributed by atoms with E-state index < -0.39 is 4.92 Å². The molecule has 2 rings (SSSR count). The monoisotopic (exact) mass is 403 g/mol. The molecule has 8 nitrogen and oxygen atoms in total. The van der Waals surface area contributed by atoms with Crippen LogP contribution in [0.5, 0.6) is 17.2 Å². The molecule has 0 aliphatic rings. The molecule has 1 amide bonds. The van der Waals surface area contributed by atoms with Crippen molar-refractivity contribution in [1.29, 1.82) is 5.26 Å². The van der Waals surface area contributed by atoms with Crippen LogP contribution >= 0.6 is 11.6 Å². The summed E-state index contributed by atoms with van der Waals surface area (Å²) in [6, 6.07) is 10.3. The van der Waals surface area contributed by atoms with Gasteiger partial charge in [-0.1, -0.05) is 11.6 Å². The minimum absolute atomic E-state index is 0.00784. The van der Waals surface area contributed by atoms with Crippen LogP contribution in [0.1, 0.15) is 23.7 Å². The Balaban J connectivity index is 2.33. The minimum Gasteiger partial charge on any atom is -0.493 e. The van der Waals surface area contributed by atoms with Crippen molar-refractivity contribution < 1.29 is 19.2 Å². The van der Waals surface area contributed by atoms with E-state index >= 15 is 0 Å². The Kier molecular flexibility index (Phi) is 6.79. The van der Waals surface area contributed by atoms with E-state index in [1.807, 2.05) is 6.07 Å². The average Bonchev–Trinajstić information content (AvgIpc) is 2.68. The molecule has 0 saturated heterocycles. The summed E-state index contributed by atoms with van der Waals surface area (Å²) in [7, 11) is 3.01. The number of benzene rings is 2. The van der Waals surface area contributed by atoms with Gasteiger partial charge in [-0.15, -0.1) is 0 Å². The van der Waals surface area contributed by atoms with Gasteiger partial charge in [0.05, 0.1) is 24.5 Å². The Morgan fingerprint density at radius 2 is 1.96 bits per heavy atom. The number of nitro benzene ring substituents is 1. The van der Waals surface area contributed by atoms with Gasteiger partial charge >= 0.3 is 5.69 Å². The van der Waals surface area contributed by atoms with Crippen molar-refractivity contribution in [3.05, 3.63) is 57.1 Å². The van der Waals surface area contributed by atoms with E-state index in [-0.39, 0.29) is 46.3 Å². The van der Waals surface area contributed by atoms with E-state index in [0.717, 1.165) is 0 Å². The Morgan fingerprint density at radius 3 is 2.57 bits per heavy atom. The van der Waals surface area contributed by atoms with Crippen molar-refractivity contribution in [3.63, 3.8) is 0 Å². The Bertz CT molecular complexity index is 942. The number of halogens is 1. The number of ether oxygens (including phenoxy) is 2. The molecule has 0 aliphatic carbocycles. The SMILES string of the molecule is COc1cc(C(=O)N(C)C(C)CC#N)ccc1Oc1ccc(Cl)cc1[N+](=O)[O-]. The molecule has 1 unspecified atom stereocenters. The molecule has 0 fully saturated rings. The first kappa shape index (κ1) is 21.0. The summed E-state index contributed by atoms with van der Waals surface area (Å²) in [5, 5.41) is 20.2. The number of hydrogen-bond donors (Lipinski definition) is 0. The number of nitrogens with zero attached hydrogens (tertiary/aromatic N) is 3. The highest BCUT2D eigenvalue weighted by Crippen LogP contribution is 2.38. The quantitative estimate of drug-likeness (QED) is 0.500. The lowest BCUT2D eigenvalue weighted by molar-refractivity contribution is -0.385. The summed E-state index contributed by atoms with van der Waals surface area (Å²) in [5.41, 5.74) is 0.0434. The highest BCUT2D eigenvalue weighted by molar-refractivity contribution is 6.30. The number of nitriles is 1. The van der Waals surface area contributed by atoms with Crippen LogP contribution in [0.25, 0.3) is 0 Å². The molecule has 146 valence electrons. The van der Waals surface area contributed by atoms with Crippen molar-refractivity contribution in [2.45, 2.75) is 19.4 Å². The number of methoxy groups -OCH3 is 1. The summed E-state index contributed by atoms with van der Waals surface area (Å²) in [6.07, 6.45) is 0.209. The molecule has 0 spiro atoms. The minimum atomic E-state index is -0.600. The number of hydrogen-bond acceptors (Lipinski definition) is 6. The molecule has 0 N–H and O–H groups in total. The number of amides is 1. The molecule has 28 heavy (non-hydrogen) atoms. The summed E-state index contributed by atoms with van der Waals surface area (Å²) in [4.78, 5) is 24.7. The maximum absolute atomic E-state index is 12.6. The predicted molar refractivity (Wildman–Crippen MR) is 103 cm³/mol. The zero-order chi connectivity index (χ0) is 20.8. The lowest BCUT2D eigenvalue weighted by Gasteiger charge is -2.23. The topological polar surface area (TPSA) is 106 Å². The average molecular weight is 404 g/mol. The van der Waals surface area contributed by atoms with Crippen LogP contribution < -0.4 is 9.47 Å². The number of rotatable bonds is 7. The fraction of sp³-hybridized carbons (Fsp3) is 0.263. The smallest absolute Gasteiger partial charge is 0.313 e. The molecule has 0 heterocycles. The second-order valence-corrected chi connectivity index (χ2v) is 6.40. The summed E-state index contributed by atoms with van der Waals surface area (Å²) in [6.45, 7) is 1.77. The number of carbonyl (C=O) groups excluding carboxylic acids is 1. The third-order valence-corrected chi connectivity index (χ3v) is 4.35. The number of nitro groups is 1.